The maximum Gasteiger partial charge on any atom is 0.254 e. The number of nitrogens with one attached hydrogen (secondary N) is 1. The Kier molecular flexibility index (Phi) is 6.50. The molecule has 1 unspecified atom stereocenters. The first-order valence-electron chi connectivity index (χ1n) is 9.08. The van der Waals surface area contributed by atoms with Gasteiger partial charge in [0, 0.05) is 19.6 Å². The van der Waals surface area contributed by atoms with Gasteiger partial charge in [-0.3, -0.25) is 9.69 Å². The Bertz CT molecular complexity index is 707. The van der Waals surface area contributed by atoms with E-state index in [4.69, 9.17) is 9.15 Å². The molecule has 2 aromatic rings. The second-order valence-corrected chi connectivity index (χ2v) is 6.67. The molecule has 138 valence electrons. The van der Waals surface area contributed by atoms with Gasteiger partial charge in [0.1, 0.15) is 12.0 Å². The molecule has 5 nitrogen and oxygen atoms in total. The van der Waals surface area contributed by atoms with E-state index < -0.39 is 0 Å². The summed E-state index contributed by atoms with van der Waals surface area (Å²) in [5, 5.41) is 3.01. The number of furan rings is 1. The monoisotopic (exact) mass is 354 g/mol. The SMILES string of the molecule is COc1ccc(C=CCN2CCCC(CNC(=O)c3ccoc3)C2)cc1. The average molecular weight is 354 g/mol. The lowest BCUT2D eigenvalue weighted by atomic mass is 9.98. The number of hydrogen-bond donors (Lipinski definition) is 1. The average Bonchev–Trinajstić information content (AvgIpc) is 3.22. The van der Waals surface area contributed by atoms with Crippen molar-refractivity contribution in [1.29, 1.82) is 0 Å². The number of nitrogens with zero attached hydrogens (tertiary/aromatic N) is 1. The lowest BCUT2D eigenvalue weighted by Crippen LogP contribution is -2.40. The van der Waals surface area contributed by atoms with Crippen LogP contribution in [0, 0.1) is 5.92 Å². The highest BCUT2D eigenvalue weighted by Crippen LogP contribution is 2.17. The van der Waals surface area contributed by atoms with E-state index in [1.807, 2.05) is 12.1 Å². The van der Waals surface area contributed by atoms with Crippen molar-refractivity contribution in [1.82, 2.24) is 10.2 Å². The second-order valence-electron chi connectivity index (χ2n) is 6.67. The van der Waals surface area contributed by atoms with Gasteiger partial charge in [-0.15, -0.1) is 0 Å². The fraction of sp³-hybridized carbons (Fsp3) is 0.381. The number of carbonyl (C=O) groups is 1. The van der Waals surface area contributed by atoms with Crippen LogP contribution in [0.15, 0.2) is 53.4 Å². The topological polar surface area (TPSA) is 54.7 Å². The van der Waals surface area contributed by atoms with Crippen molar-refractivity contribution in [3.05, 3.63) is 60.1 Å². The van der Waals surface area contributed by atoms with E-state index in [-0.39, 0.29) is 5.91 Å². The first kappa shape index (κ1) is 18.3. The van der Waals surface area contributed by atoms with E-state index >= 15 is 0 Å². The fourth-order valence-electron chi connectivity index (χ4n) is 3.27. The number of piperidine rings is 1. The van der Waals surface area contributed by atoms with E-state index in [0.29, 0.717) is 18.0 Å². The third-order valence-electron chi connectivity index (χ3n) is 4.73. The Morgan fingerprint density at radius 3 is 2.92 bits per heavy atom. The molecule has 5 heteroatoms. The van der Waals surface area contributed by atoms with E-state index in [9.17, 15) is 4.79 Å². The Hall–Kier alpha value is -2.53. The van der Waals surface area contributed by atoms with Gasteiger partial charge in [0.2, 0.25) is 0 Å². The number of carbonyl (C=O) groups excluding carboxylic acids is 1. The minimum absolute atomic E-state index is 0.0599. The molecule has 1 atom stereocenters. The molecular formula is C21H26N2O3. The second kappa shape index (κ2) is 9.25. The largest absolute Gasteiger partial charge is 0.497 e. The van der Waals surface area contributed by atoms with Crippen LogP contribution in [0.5, 0.6) is 5.75 Å². The lowest BCUT2D eigenvalue weighted by Gasteiger charge is -2.32. The number of amides is 1. The molecular weight excluding hydrogens is 328 g/mol. The summed E-state index contributed by atoms with van der Waals surface area (Å²) < 4.78 is 10.1. The maximum atomic E-state index is 12.0. The molecule has 1 aliphatic rings. The summed E-state index contributed by atoms with van der Waals surface area (Å²) in [5.74, 6) is 1.31. The van der Waals surface area contributed by atoms with Crippen LogP contribution >= 0.6 is 0 Å². The lowest BCUT2D eigenvalue weighted by molar-refractivity contribution is 0.0934. The van der Waals surface area contributed by atoms with Crippen molar-refractivity contribution in [2.24, 2.45) is 5.92 Å². The predicted octanol–water partition coefficient (Wildman–Crippen LogP) is 3.44. The van der Waals surface area contributed by atoms with Crippen LogP contribution in [0.2, 0.25) is 0 Å². The molecule has 26 heavy (non-hydrogen) atoms. The van der Waals surface area contributed by atoms with Crippen molar-refractivity contribution >= 4 is 12.0 Å². The highest BCUT2D eigenvalue weighted by atomic mass is 16.5. The quantitative estimate of drug-likeness (QED) is 0.827. The fourth-order valence-corrected chi connectivity index (χ4v) is 3.27. The zero-order valence-corrected chi connectivity index (χ0v) is 15.2. The molecule has 2 heterocycles. The van der Waals surface area contributed by atoms with Crippen molar-refractivity contribution in [2.45, 2.75) is 12.8 Å². The van der Waals surface area contributed by atoms with Crippen LogP contribution < -0.4 is 10.1 Å². The molecule has 1 saturated heterocycles. The molecule has 0 aliphatic carbocycles. The summed E-state index contributed by atoms with van der Waals surface area (Å²) >= 11 is 0. The minimum Gasteiger partial charge on any atom is -0.497 e. The van der Waals surface area contributed by atoms with E-state index in [1.54, 1.807) is 13.2 Å². The predicted molar refractivity (Wildman–Crippen MR) is 102 cm³/mol. The smallest absolute Gasteiger partial charge is 0.254 e. The standard InChI is InChI=1S/C21H26N2O3/c1-25-20-8-6-17(7-9-20)4-2-11-23-12-3-5-18(15-23)14-22-21(24)19-10-13-26-16-19/h2,4,6-10,13,16,18H,3,5,11-12,14-15H2,1H3,(H,22,24). The van der Waals surface area contributed by atoms with Crippen molar-refractivity contribution < 1.29 is 13.9 Å². The molecule has 1 N–H and O–H groups in total. The molecule has 3 rings (SSSR count). The van der Waals surface area contributed by atoms with Crippen molar-refractivity contribution in [2.75, 3.05) is 33.3 Å². The Morgan fingerprint density at radius 2 is 2.19 bits per heavy atom. The molecule has 0 bridgehead atoms. The van der Waals surface area contributed by atoms with Crippen molar-refractivity contribution in [3.8, 4) is 5.75 Å². The van der Waals surface area contributed by atoms with Gasteiger partial charge in [-0.05, 0) is 49.1 Å². The van der Waals surface area contributed by atoms with Crippen LogP contribution in [-0.2, 0) is 0 Å². The highest BCUT2D eigenvalue weighted by molar-refractivity contribution is 5.93. The summed E-state index contributed by atoms with van der Waals surface area (Å²) in [6.07, 6.45) is 9.67. The van der Waals surface area contributed by atoms with E-state index in [1.165, 1.54) is 24.5 Å². The van der Waals surface area contributed by atoms with Gasteiger partial charge in [-0.2, -0.15) is 0 Å². The number of hydrogen-bond acceptors (Lipinski definition) is 4. The first-order valence-corrected chi connectivity index (χ1v) is 9.08. The third kappa shape index (κ3) is 5.23. The van der Waals surface area contributed by atoms with E-state index in [0.717, 1.165) is 31.8 Å². The number of benzene rings is 1. The highest BCUT2D eigenvalue weighted by Gasteiger charge is 2.20. The van der Waals surface area contributed by atoms with Crippen LogP contribution in [-0.4, -0.2) is 44.1 Å². The number of methoxy groups -OCH3 is 1. The molecule has 0 saturated carbocycles. The molecule has 0 radical (unpaired) electrons. The zero-order chi connectivity index (χ0) is 18.2. The molecule has 1 aromatic heterocycles. The van der Waals surface area contributed by atoms with Gasteiger partial charge in [0.25, 0.3) is 5.91 Å². The molecule has 1 aliphatic heterocycles. The van der Waals surface area contributed by atoms with Gasteiger partial charge in [-0.1, -0.05) is 24.3 Å². The first-order chi connectivity index (χ1) is 12.7. The number of rotatable bonds is 7. The summed E-state index contributed by atoms with van der Waals surface area (Å²) in [7, 11) is 1.68. The van der Waals surface area contributed by atoms with Crippen LogP contribution in [0.1, 0.15) is 28.8 Å². The third-order valence-corrected chi connectivity index (χ3v) is 4.73. The Balaban J connectivity index is 1.42. The Labute approximate surface area is 154 Å². The van der Waals surface area contributed by atoms with Crippen LogP contribution in [0.3, 0.4) is 0 Å². The van der Waals surface area contributed by atoms with Crippen molar-refractivity contribution in [3.63, 3.8) is 0 Å². The van der Waals surface area contributed by atoms with Gasteiger partial charge in [-0.25, -0.2) is 0 Å². The van der Waals surface area contributed by atoms with Crippen LogP contribution in [0.4, 0.5) is 0 Å². The van der Waals surface area contributed by atoms with Crippen LogP contribution in [0.25, 0.3) is 6.08 Å². The normalized spacial score (nSPS) is 18.1. The summed E-state index contributed by atoms with van der Waals surface area (Å²) in [6, 6.07) is 9.74. The number of ether oxygens (including phenoxy) is 1. The van der Waals surface area contributed by atoms with Gasteiger partial charge >= 0.3 is 0 Å². The van der Waals surface area contributed by atoms with Gasteiger partial charge in [0.05, 0.1) is 18.9 Å². The molecule has 1 aromatic carbocycles. The Morgan fingerprint density at radius 1 is 1.35 bits per heavy atom. The van der Waals surface area contributed by atoms with E-state index in [2.05, 4.69) is 34.5 Å². The summed E-state index contributed by atoms with van der Waals surface area (Å²) in [6.45, 7) is 3.76. The zero-order valence-electron chi connectivity index (χ0n) is 15.2. The maximum absolute atomic E-state index is 12.0. The molecule has 1 fully saturated rings. The molecule has 1 amide bonds. The summed E-state index contributed by atoms with van der Waals surface area (Å²) in [5.41, 5.74) is 1.76. The van der Waals surface area contributed by atoms with Gasteiger partial charge in [0.15, 0.2) is 0 Å². The minimum atomic E-state index is -0.0599. The van der Waals surface area contributed by atoms with Gasteiger partial charge < -0.3 is 14.5 Å². The number of likely N-dealkylation sites (tertiary alicyclic amines) is 1. The molecule has 0 spiro atoms. The summed E-state index contributed by atoms with van der Waals surface area (Å²) in [4.78, 5) is 14.4.